The van der Waals surface area contributed by atoms with Gasteiger partial charge in [0.15, 0.2) is 11.6 Å². The van der Waals surface area contributed by atoms with Crippen LogP contribution in [0.15, 0.2) is 40.9 Å². The van der Waals surface area contributed by atoms with Crippen LogP contribution in [0.25, 0.3) is 0 Å². The van der Waals surface area contributed by atoms with E-state index >= 15 is 0 Å². The number of nitrogen functional groups attached to an aromatic ring is 1. The number of nitrogens with two attached hydrogens (primary N) is 1. The molecular weight excluding hydrogens is 332 g/mol. The molecule has 104 valence electrons. The Morgan fingerprint density at radius 1 is 1.25 bits per heavy atom. The van der Waals surface area contributed by atoms with Gasteiger partial charge in [-0.25, -0.2) is 13.6 Å². The first-order chi connectivity index (χ1) is 9.49. The number of benzene rings is 2. The number of carbonyl (C=O) groups is 1. The molecule has 0 unspecified atom stereocenters. The highest BCUT2D eigenvalue weighted by Gasteiger charge is 2.14. The van der Waals surface area contributed by atoms with Crippen LogP contribution in [-0.4, -0.2) is 5.97 Å². The lowest BCUT2D eigenvalue weighted by atomic mass is 10.2. The van der Waals surface area contributed by atoms with Gasteiger partial charge in [0.2, 0.25) is 0 Å². The van der Waals surface area contributed by atoms with Gasteiger partial charge in [-0.05, 0) is 40.2 Å². The van der Waals surface area contributed by atoms with Crippen LogP contribution in [0.1, 0.15) is 15.9 Å². The molecule has 0 amide bonds. The fraction of sp³-hybridized carbons (Fsp3) is 0.0714. The Morgan fingerprint density at radius 3 is 2.75 bits per heavy atom. The molecule has 0 heterocycles. The first-order valence-electron chi connectivity index (χ1n) is 5.64. The largest absolute Gasteiger partial charge is 0.457 e. The number of anilines is 1. The molecule has 6 heteroatoms. The maximum absolute atomic E-state index is 13.4. The van der Waals surface area contributed by atoms with Crippen molar-refractivity contribution in [1.82, 2.24) is 0 Å². The first kappa shape index (κ1) is 14.5. The highest BCUT2D eigenvalue weighted by Crippen LogP contribution is 2.21. The van der Waals surface area contributed by atoms with Crippen molar-refractivity contribution < 1.29 is 18.3 Å². The van der Waals surface area contributed by atoms with Crippen LogP contribution in [0.5, 0.6) is 0 Å². The zero-order valence-electron chi connectivity index (χ0n) is 10.2. The molecule has 0 spiro atoms. The van der Waals surface area contributed by atoms with Crippen molar-refractivity contribution in [2.75, 3.05) is 5.73 Å². The second kappa shape index (κ2) is 6.00. The van der Waals surface area contributed by atoms with E-state index in [1.165, 1.54) is 18.2 Å². The Morgan fingerprint density at radius 2 is 2.00 bits per heavy atom. The van der Waals surface area contributed by atoms with Gasteiger partial charge in [0, 0.05) is 15.7 Å². The predicted octanol–water partition coefficient (Wildman–Crippen LogP) is 3.67. The Hall–Kier alpha value is -1.95. The number of carbonyl (C=O) groups excluding carboxylic acids is 1. The molecular formula is C14H10BrF2NO2. The minimum absolute atomic E-state index is 0.0293. The molecule has 0 saturated heterocycles. The molecule has 0 bridgehead atoms. The lowest BCUT2D eigenvalue weighted by molar-refractivity contribution is 0.0467. The van der Waals surface area contributed by atoms with Gasteiger partial charge in [-0.1, -0.05) is 12.1 Å². The Bertz CT molecular complexity index is 662. The topological polar surface area (TPSA) is 52.3 Å². The number of esters is 1. The third kappa shape index (κ3) is 3.14. The van der Waals surface area contributed by atoms with E-state index in [0.717, 1.165) is 6.07 Å². The first-order valence-corrected chi connectivity index (χ1v) is 6.43. The van der Waals surface area contributed by atoms with Crippen LogP contribution in [0.4, 0.5) is 14.5 Å². The average Bonchev–Trinajstić information content (AvgIpc) is 2.43. The minimum atomic E-state index is -1.02. The third-order valence-electron chi connectivity index (χ3n) is 2.60. The molecule has 0 atom stereocenters. The van der Waals surface area contributed by atoms with Crippen LogP contribution in [0, 0.1) is 11.6 Å². The second-order valence-corrected chi connectivity index (χ2v) is 4.88. The Labute approximate surface area is 122 Å². The molecule has 2 rings (SSSR count). The van der Waals surface area contributed by atoms with E-state index in [9.17, 15) is 13.6 Å². The number of halogens is 3. The molecule has 0 radical (unpaired) electrons. The summed E-state index contributed by atoms with van der Waals surface area (Å²) in [4.78, 5) is 11.9. The number of hydrogen-bond donors (Lipinski definition) is 1. The van der Waals surface area contributed by atoms with Crippen LogP contribution >= 0.6 is 15.9 Å². The van der Waals surface area contributed by atoms with Crippen molar-refractivity contribution in [3.63, 3.8) is 0 Å². The van der Waals surface area contributed by atoms with Crippen LogP contribution in [0.2, 0.25) is 0 Å². The SMILES string of the molecule is Nc1ccc(Br)c(C(=O)OCc2cccc(F)c2F)c1. The molecule has 20 heavy (non-hydrogen) atoms. The van der Waals surface area contributed by atoms with Gasteiger partial charge in [-0.2, -0.15) is 0 Å². The van der Waals surface area contributed by atoms with Crippen molar-refractivity contribution in [2.45, 2.75) is 6.61 Å². The molecule has 0 aliphatic carbocycles. The molecule has 0 aromatic heterocycles. The van der Waals surface area contributed by atoms with Crippen molar-refractivity contribution in [3.8, 4) is 0 Å². The van der Waals surface area contributed by atoms with Gasteiger partial charge in [0.1, 0.15) is 6.61 Å². The lowest BCUT2D eigenvalue weighted by Crippen LogP contribution is -2.08. The molecule has 0 saturated carbocycles. The monoisotopic (exact) mass is 341 g/mol. The van der Waals surface area contributed by atoms with E-state index < -0.39 is 17.6 Å². The van der Waals surface area contributed by atoms with Gasteiger partial charge in [0.05, 0.1) is 5.56 Å². The molecule has 2 aromatic carbocycles. The van der Waals surface area contributed by atoms with Gasteiger partial charge in [0.25, 0.3) is 0 Å². The highest BCUT2D eigenvalue weighted by molar-refractivity contribution is 9.10. The lowest BCUT2D eigenvalue weighted by Gasteiger charge is -2.08. The van der Waals surface area contributed by atoms with Crippen molar-refractivity contribution in [1.29, 1.82) is 0 Å². The highest BCUT2D eigenvalue weighted by atomic mass is 79.9. The summed E-state index contributed by atoms with van der Waals surface area (Å²) in [7, 11) is 0. The van der Waals surface area contributed by atoms with Crippen LogP contribution in [-0.2, 0) is 11.3 Å². The Balaban J connectivity index is 2.13. The summed E-state index contributed by atoms with van der Waals surface area (Å²) in [6, 6.07) is 8.35. The van der Waals surface area contributed by atoms with E-state index in [-0.39, 0.29) is 17.7 Å². The molecule has 2 N–H and O–H groups in total. The summed E-state index contributed by atoms with van der Waals surface area (Å²) in [6.45, 7) is -0.357. The van der Waals surface area contributed by atoms with Crippen molar-refractivity contribution in [3.05, 3.63) is 63.6 Å². The predicted molar refractivity (Wildman–Crippen MR) is 74.0 cm³/mol. The van der Waals surface area contributed by atoms with E-state index in [1.54, 1.807) is 12.1 Å². The van der Waals surface area contributed by atoms with Gasteiger partial charge in [-0.15, -0.1) is 0 Å². The van der Waals surface area contributed by atoms with Crippen molar-refractivity contribution in [2.24, 2.45) is 0 Å². The summed E-state index contributed by atoms with van der Waals surface area (Å²) >= 11 is 3.19. The second-order valence-electron chi connectivity index (χ2n) is 4.03. The van der Waals surface area contributed by atoms with E-state index in [2.05, 4.69) is 15.9 Å². The van der Waals surface area contributed by atoms with Crippen molar-refractivity contribution >= 4 is 27.6 Å². The molecule has 3 nitrogen and oxygen atoms in total. The maximum atomic E-state index is 13.4. The van der Waals surface area contributed by atoms with Gasteiger partial charge < -0.3 is 10.5 Å². The van der Waals surface area contributed by atoms with E-state index in [1.807, 2.05) is 0 Å². The summed E-state index contributed by atoms with van der Waals surface area (Å²) in [5.41, 5.74) is 6.17. The molecule has 0 aliphatic heterocycles. The summed E-state index contributed by atoms with van der Waals surface area (Å²) in [6.07, 6.45) is 0. The van der Waals surface area contributed by atoms with E-state index in [0.29, 0.717) is 10.2 Å². The summed E-state index contributed by atoms with van der Waals surface area (Å²) < 4.78 is 31.9. The van der Waals surface area contributed by atoms with Gasteiger partial charge >= 0.3 is 5.97 Å². The molecule has 2 aromatic rings. The zero-order chi connectivity index (χ0) is 14.7. The summed E-state index contributed by atoms with van der Waals surface area (Å²) in [5.74, 6) is -2.68. The fourth-order valence-corrected chi connectivity index (χ4v) is 1.99. The quantitative estimate of drug-likeness (QED) is 0.684. The molecule has 0 aliphatic rings. The normalized spacial score (nSPS) is 10.3. The van der Waals surface area contributed by atoms with Gasteiger partial charge in [-0.3, -0.25) is 0 Å². The number of ether oxygens (including phenoxy) is 1. The number of hydrogen-bond acceptors (Lipinski definition) is 3. The van der Waals surface area contributed by atoms with E-state index in [4.69, 9.17) is 10.5 Å². The standard InChI is InChI=1S/C14H10BrF2NO2/c15-11-5-4-9(18)6-10(11)14(19)20-7-8-2-1-3-12(16)13(8)17/h1-6H,7,18H2. The Kier molecular flexibility index (Phi) is 4.34. The minimum Gasteiger partial charge on any atom is -0.457 e. The maximum Gasteiger partial charge on any atom is 0.339 e. The smallest absolute Gasteiger partial charge is 0.339 e. The fourth-order valence-electron chi connectivity index (χ4n) is 1.58. The zero-order valence-corrected chi connectivity index (χ0v) is 11.8. The van der Waals surface area contributed by atoms with Crippen LogP contribution in [0.3, 0.4) is 0 Å². The van der Waals surface area contributed by atoms with Crippen LogP contribution < -0.4 is 5.73 Å². The number of rotatable bonds is 3. The molecule has 0 fully saturated rings. The third-order valence-corrected chi connectivity index (χ3v) is 3.29. The summed E-state index contributed by atoms with van der Waals surface area (Å²) in [5, 5.41) is 0. The average molecular weight is 342 g/mol.